The molecule has 7 heteroatoms. The highest BCUT2D eigenvalue weighted by Gasteiger charge is 2.21. The molecule has 142 valence electrons. The first-order valence-electron chi connectivity index (χ1n) is 9.11. The Balaban J connectivity index is 1.56. The highest BCUT2D eigenvalue weighted by atomic mass is 16.2. The maximum absolute atomic E-state index is 12.8. The molecule has 2 aromatic carbocycles. The van der Waals surface area contributed by atoms with E-state index in [9.17, 15) is 9.59 Å². The normalized spacial score (nSPS) is 13.5. The summed E-state index contributed by atoms with van der Waals surface area (Å²) in [4.78, 5) is 26.3. The number of aryl methyl sites for hydroxylation is 1. The van der Waals surface area contributed by atoms with Crippen LogP contribution < -0.4 is 15.5 Å². The number of urea groups is 1. The summed E-state index contributed by atoms with van der Waals surface area (Å²) < 4.78 is 1.76. The van der Waals surface area contributed by atoms with Crippen LogP contribution in [0.1, 0.15) is 21.6 Å². The number of hydrogen-bond acceptors (Lipinski definition) is 3. The van der Waals surface area contributed by atoms with Gasteiger partial charge in [0.05, 0.1) is 23.1 Å². The van der Waals surface area contributed by atoms with Gasteiger partial charge in [-0.05, 0) is 49.7 Å². The topological polar surface area (TPSA) is 79.3 Å². The molecule has 0 spiro atoms. The van der Waals surface area contributed by atoms with Gasteiger partial charge >= 0.3 is 6.03 Å². The number of benzene rings is 2. The molecule has 0 unspecified atom stereocenters. The minimum Gasteiger partial charge on any atom is -0.336 e. The molecule has 2 heterocycles. The average molecular weight is 375 g/mol. The molecule has 1 aromatic heterocycles. The quantitative estimate of drug-likeness (QED) is 0.735. The zero-order valence-corrected chi connectivity index (χ0v) is 15.8. The van der Waals surface area contributed by atoms with E-state index in [1.807, 2.05) is 50.2 Å². The van der Waals surface area contributed by atoms with Crippen molar-refractivity contribution in [1.82, 2.24) is 15.1 Å². The van der Waals surface area contributed by atoms with Crippen LogP contribution in [0.2, 0.25) is 0 Å². The molecule has 0 aliphatic carbocycles. The number of nitrogens with one attached hydrogen (secondary N) is 2. The van der Waals surface area contributed by atoms with Crippen molar-refractivity contribution >= 4 is 23.3 Å². The van der Waals surface area contributed by atoms with Gasteiger partial charge in [0.1, 0.15) is 0 Å². The molecule has 0 radical (unpaired) electrons. The predicted octanol–water partition coefficient (Wildman–Crippen LogP) is 3.27. The molecular weight excluding hydrogens is 354 g/mol. The van der Waals surface area contributed by atoms with Crippen molar-refractivity contribution in [1.29, 1.82) is 0 Å². The van der Waals surface area contributed by atoms with Gasteiger partial charge in [-0.2, -0.15) is 5.10 Å². The Labute approximate surface area is 163 Å². The van der Waals surface area contributed by atoms with Gasteiger partial charge in [0, 0.05) is 24.5 Å². The van der Waals surface area contributed by atoms with Gasteiger partial charge in [0.15, 0.2) is 0 Å². The zero-order valence-electron chi connectivity index (χ0n) is 15.8. The molecule has 0 saturated carbocycles. The number of amides is 3. The van der Waals surface area contributed by atoms with Crippen LogP contribution in [-0.2, 0) is 0 Å². The summed E-state index contributed by atoms with van der Waals surface area (Å²) >= 11 is 0. The molecule has 1 aliphatic rings. The van der Waals surface area contributed by atoms with Crippen molar-refractivity contribution in [2.24, 2.45) is 0 Å². The third-order valence-electron chi connectivity index (χ3n) is 4.77. The third-order valence-corrected chi connectivity index (χ3v) is 4.77. The molecule has 3 amide bonds. The number of anilines is 2. The highest BCUT2D eigenvalue weighted by Crippen LogP contribution is 2.22. The van der Waals surface area contributed by atoms with E-state index >= 15 is 0 Å². The fraction of sp³-hybridized carbons (Fsp3) is 0.190. The summed E-state index contributed by atoms with van der Waals surface area (Å²) in [5, 5.41) is 10.1. The molecule has 1 aliphatic heterocycles. The Morgan fingerprint density at radius 1 is 1.11 bits per heavy atom. The molecule has 28 heavy (non-hydrogen) atoms. The van der Waals surface area contributed by atoms with Crippen LogP contribution in [0.3, 0.4) is 0 Å². The Morgan fingerprint density at radius 2 is 1.89 bits per heavy atom. The Bertz CT molecular complexity index is 1060. The van der Waals surface area contributed by atoms with E-state index in [1.54, 1.807) is 27.9 Å². The summed E-state index contributed by atoms with van der Waals surface area (Å²) in [5.74, 6) is -0.237. The highest BCUT2D eigenvalue weighted by molar-refractivity contribution is 6.05. The zero-order chi connectivity index (χ0) is 19.7. The predicted molar refractivity (Wildman–Crippen MR) is 108 cm³/mol. The third kappa shape index (κ3) is 3.34. The van der Waals surface area contributed by atoms with Gasteiger partial charge in [-0.25, -0.2) is 9.48 Å². The van der Waals surface area contributed by atoms with Crippen molar-refractivity contribution in [3.8, 4) is 5.69 Å². The van der Waals surface area contributed by atoms with E-state index in [0.717, 1.165) is 22.6 Å². The summed E-state index contributed by atoms with van der Waals surface area (Å²) in [6.07, 6.45) is 1.57. The maximum Gasteiger partial charge on any atom is 0.321 e. The average Bonchev–Trinajstić information content (AvgIpc) is 3.27. The second-order valence-corrected chi connectivity index (χ2v) is 6.78. The first-order valence-corrected chi connectivity index (χ1v) is 9.11. The van der Waals surface area contributed by atoms with Crippen LogP contribution >= 0.6 is 0 Å². The minimum absolute atomic E-state index is 0.126. The van der Waals surface area contributed by atoms with Crippen LogP contribution in [0.25, 0.3) is 5.69 Å². The number of carbonyl (C=O) groups is 2. The molecule has 0 bridgehead atoms. The Hall–Kier alpha value is -3.61. The Kier molecular flexibility index (Phi) is 4.57. The molecule has 0 atom stereocenters. The monoisotopic (exact) mass is 375 g/mol. The fourth-order valence-electron chi connectivity index (χ4n) is 3.32. The van der Waals surface area contributed by atoms with Crippen LogP contribution in [-0.4, -0.2) is 34.8 Å². The lowest BCUT2D eigenvalue weighted by molar-refractivity contribution is 0.102. The van der Waals surface area contributed by atoms with Gasteiger partial charge in [-0.3, -0.25) is 9.69 Å². The molecule has 1 fully saturated rings. The standard InChI is InChI=1S/C21H21N5O2/c1-14-5-3-8-18(11-14)26-15(2)19(13-23-26)20(27)24-16-6-4-7-17(12-16)25-10-9-22-21(25)28/h3-8,11-13H,9-10H2,1-2H3,(H,22,28)(H,24,27). The molecule has 3 aromatic rings. The summed E-state index contributed by atoms with van der Waals surface area (Å²) in [5.41, 5.74) is 4.69. The van der Waals surface area contributed by atoms with Gasteiger partial charge in [-0.15, -0.1) is 0 Å². The molecule has 4 rings (SSSR count). The lowest BCUT2D eigenvalue weighted by Gasteiger charge is -2.15. The molecule has 2 N–H and O–H groups in total. The van der Waals surface area contributed by atoms with Gasteiger partial charge < -0.3 is 10.6 Å². The first kappa shape index (κ1) is 17.8. The van der Waals surface area contributed by atoms with Crippen molar-refractivity contribution in [2.45, 2.75) is 13.8 Å². The van der Waals surface area contributed by atoms with E-state index < -0.39 is 0 Å². The summed E-state index contributed by atoms with van der Waals surface area (Å²) in [7, 11) is 0. The fourth-order valence-corrected chi connectivity index (χ4v) is 3.32. The molecule has 1 saturated heterocycles. The van der Waals surface area contributed by atoms with Gasteiger partial charge in [0.25, 0.3) is 5.91 Å². The van der Waals surface area contributed by atoms with Crippen LogP contribution in [0.5, 0.6) is 0 Å². The molecular formula is C21H21N5O2. The lowest BCUT2D eigenvalue weighted by Crippen LogP contribution is -2.27. The number of aromatic nitrogens is 2. The van der Waals surface area contributed by atoms with Crippen LogP contribution in [0, 0.1) is 13.8 Å². The summed E-state index contributed by atoms with van der Waals surface area (Å²) in [6.45, 7) is 5.12. The summed E-state index contributed by atoms with van der Waals surface area (Å²) in [6, 6.07) is 15.1. The number of carbonyl (C=O) groups excluding carboxylic acids is 2. The van der Waals surface area contributed by atoms with Crippen molar-refractivity contribution < 1.29 is 9.59 Å². The van der Waals surface area contributed by atoms with Crippen molar-refractivity contribution in [3.05, 3.63) is 71.5 Å². The second-order valence-electron chi connectivity index (χ2n) is 6.78. The smallest absolute Gasteiger partial charge is 0.321 e. The number of hydrogen-bond donors (Lipinski definition) is 2. The van der Waals surface area contributed by atoms with Crippen LogP contribution in [0.15, 0.2) is 54.7 Å². The lowest BCUT2D eigenvalue weighted by atomic mass is 10.2. The molecule has 7 nitrogen and oxygen atoms in total. The van der Waals surface area contributed by atoms with Gasteiger partial charge in [0.2, 0.25) is 0 Å². The largest absolute Gasteiger partial charge is 0.336 e. The Morgan fingerprint density at radius 3 is 2.64 bits per heavy atom. The van der Waals surface area contributed by atoms with E-state index in [-0.39, 0.29) is 11.9 Å². The van der Waals surface area contributed by atoms with Crippen LogP contribution in [0.4, 0.5) is 16.2 Å². The minimum atomic E-state index is -0.237. The maximum atomic E-state index is 12.8. The second kappa shape index (κ2) is 7.19. The van der Waals surface area contributed by atoms with E-state index in [4.69, 9.17) is 0 Å². The van der Waals surface area contributed by atoms with Crippen molar-refractivity contribution in [2.75, 3.05) is 23.3 Å². The van der Waals surface area contributed by atoms with E-state index in [1.165, 1.54) is 0 Å². The SMILES string of the molecule is Cc1cccc(-n2ncc(C(=O)Nc3cccc(N4CCNC4=O)c3)c2C)c1. The van der Waals surface area contributed by atoms with E-state index in [2.05, 4.69) is 15.7 Å². The number of rotatable bonds is 4. The van der Waals surface area contributed by atoms with Gasteiger partial charge in [-0.1, -0.05) is 18.2 Å². The van der Waals surface area contributed by atoms with E-state index in [0.29, 0.717) is 24.3 Å². The number of nitrogens with zero attached hydrogens (tertiary/aromatic N) is 3. The first-order chi connectivity index (χ1) is 13.5. The van der Waals surface area contributed by atoms with Crippen molar-refractivity contribution in [3.63, 3.8) is 0 Å².